The molecule has 41 heavy (non-hydrogen) atoms. The van der Waals surface area contributed by atoms with Crippen molar-refractivity contribution in [3.8, 4) is 0 Å². The average molecular weight is 592 g/mol. The highest BCUT2D eigenvalue weighted by Crippen LogP contribution is 2.33. The number of hydrogen-bond donors (Lipinski definition) is 1. The summed E-state index contributed by atoms with van der Waals surface area (Å²) < 4.78 is 66.1. The van der Waals surface area contributed by atoms with Gasteiger partial charge in [0.15, 0.2) is 0 Å². The van der Waals surface area contributed by atoms with E-state index in [1.165, 1.54) is 19.2 Å². The highest BCUT2D eigenvalue weighted by molar-refractivity contribution is 7.92. The van der Waals surface area contributed by atoms with Crippen LogP contribution >= 0.6 is 0 Å². The van der Waals surface area contributed by atoms with Crippen LogP contribution in [-0.4, -0.2) is 53.4 Å². The maximum Gasteiger partial charge on any atom is 0.407 e. The number of alkyl halides is 2. The second kappa shape index (κ2) is 11.8. The average Bonchev–Trinajstić information content (AvgIpc) is 3.29. The summed E-state index contributed by atoms with van der Waals surface area (Å²) in [5, 5.41) is 6.30. The van der Waals surface area contributed by atoms with Gasteiger partial charge in [-0.2, -0.15) is 13.9 Å². The number of pyridine rings is 1. The molecular weight excluding hydrogens is 560 g/mol. The fraction of sp³-hybridized carbons (Fsp3) is 0.407. The number of hydrogen-bond acceptors (Lipinski definition) is 8. The first-order chi connectivity index (χ1) is 19.2. The van der Waals surface area contributed by atoms with Gasteiger partial charge >= 0.3 is 18.6 Å². The van der Waals surface area contributed by atoms with Crippen molar-refractivity contribution in [2.24, 2.45) is 0 Å². The lowest BCUT2D eigenvalue weighted by Gasteiger charge is -2.35. The summed E-state index contributed by atoms with van der Waals surface area (Å²) in [6.45, 7) is 3.18. The zero-order valence-corrected chi connectivity index (χ0v) is 23.8. The second-order valence-corrected chi connectivity index (χ2v) is 12.4. The van der Waals surface area contributed by atoms with Crippen LogP contribution in [0.2, 0.25) is 0 Å². The Morgan fingerprint density at radius 2 is 1.88 bits per heavy atom. The van der Waals surface area contributed by atoms with Crippen LogP contribution in [-0.2, 0) is 43.7 Å². The molecule has 14 heteroatoms. The molecule has 0 radical (unpaired) electrons. The third-order valence-corrected chi connectivity index (χ3v) is 7.93. The lowest BCUT2D eigenvalue weighted by Crippen LogP contribution is -2.51. The van der Waals surface area contributed by atoms with Crippen molar-refractivity contribution in [1.82, 2.24) is 20.1 Å². The summed E-state index contributed by atoms with van der Waals surface area (Å²) in [4.78, 5) is 29.0. The Morgan fingerprint density at radius 1 is 1.17 bits per heavy atom. The van der Waals surface area contributed by atoms with E-state index in [1.807, 2.05) is 30.3 Å². The molecule has 0 fully saturated rings. The van der Waals surface area contributed by atoms with Crippen LogP contribution in [0.15, 0.2) is 53.7 Å². The Hall–Kier alpha value is -4.07. The SMILES string of the molecule is Cc1nn(C(F)F)cc1S(=O)(=O)N1CC(NC(=O)OC(C)(C)C)Cc2ncc(CC(=O)OCc3ccccc3)cc21. The quantitative estimate of drug-likeness (QED) is 0.390. The van der Waals surface area contributed by atoms with Crippen LogP contribution in [0.1, 0.15) is 49.8 Å². The van der Waals surface area contributed by atoms with Gasteiger partial charge in [0, 0.05) is 12.6 Å². The molecule has 1 amide bonds. The number of sulfonamides is 1. The van der Waals surface area contributed by atoms with Crippen molar-refractivity contribution in [2.75, 3.05) is 10.8 Å². The number of carbonyl (C=O) groups excluding carboxylic acids is 2. The van der Waals surface area contributed by atoms with Crippen molar-refractivity contribution in [1.29, 1.82) is 0 Å². The van der Waals surface area contributed by atoms with Crippen LogP contribution in [0.4, 0.5) is 19.3 Å². The van der Waals surface area contributed by atoms with Gasteiger partial charge in [-0.3, -0.25) is 14.1 Å². The van der Waals surface area contributed by atoms with Crippen molar-refractivity contribution >= 4 is 27.8 Å². The number of alkyl carbamates (subject to hydrolysis) is 1. The summed E-state index contributed by atoms with van der Waals surface area (Å²) in [5.74, 6) is -0.542. The van der Waals surface area contributed by atoms with Gasteiger partial charge in [0.2, 0.25) is 0 Å². The topological polar surface area (TPSA) is 133 Å². The number of halogens is 2. The predicted molar refractivity (Wildman–Crippen MR) is 144 cm³/mol. The normalized spacial score (nSPS) is 15.4. The van der Waals surface area contributed by atoms with Gasteiger partial charge in [0.25, 0.3) is 10.0 Å². The molecule has 0 spiro atoms. The Bertz CT molecular complexity index is 1520. The Kier molecular flexibility index (Phi) is 8.61. The minimum Gasteiger partial charge on any atom is -0.461 e. The van der Waals surface area contributed by atoms with Crippen molar-refractivity contribution < 1.29 is 36.3 Å². The number of rotatable bonds is 8. The van der Waals surface area contributed by atoms with E-state index < -0.39 is 45.2 Å². The lowest BCUT2D eigenvalue weighted by atomic mass is 10.0. The zero-order valence-electron chi connectivity index (χ0n) is 23.0. The molecule has 3 aromatic rings. The number of aryl methyl sites for hydroxylation is 1. The van der Waals surface area contributed by atoms with Gasteiger partial charge < -0.3 is 14.8 Å². The number of ether oxygens (including phenoxy) is 2. The monoisotopic (exact) mass is 591 g/mol. The largest absolute Gasteiger partial charge is 0.461 e. The summed E-state index contributed by atoms with van der Waals surface area (Å²) in [5.41, 5.74) is 0.769. The van der Waals surface area contributed by atoms with Gasteiger partial charge in [-0.05, 0) is 44.9 Å². The first-order valence-electron chi connectivity index (χ1n) is 12.8. The standard InChI is InChI=1S/C27H31F2N5O6S/c1-17-23(15-33(32-17)25(28)29)41(37,38)34-14-20(31-26(36)40-27(2,3)4)12-21-22(34)10-19(13-30-21)11-24(35)39-16-18-8-6-5-7-9-18/h5-10,13,15,20,25H,11-12,14,16H2,1-4H3,(H,31,36). The molecule has 1 aromatic carbocycles. The maximum absolute atomic E-state index is 13.8. The zero-order chi connectivity index (χ0) is 29.9. The molecule has 0 bridgehead atoms. The molecule has 1 unspecified atom stereocenters. The number of nitrogens with one attached hydrogen (secondary N) is 1. The van der Waals surface area contributed by atoms with E-state index >= 15 is 0 Å². The van der Waals surface area contributed by atoms with Crippen LogP contribution < -0.4 is 9.62 Å². The van der Waals surface area contributed by atoms with E-state index in [0.29, 0.717) is 11.3 Å². The number of nitrogens with zero attached hydrogens (tertiary/aromatic N) is 4. The minimum atomic E-state index is -4.45. The summed E-state index contributed by atoms with van der Waals surface area (Å²) >= 11 is 0. The third kappa shape index (κ3) is 7.37. The van der Waals surface area contributed by atoms with E-state index in [2.05, 4.69) is 15.4 Å². The molecule has 1 N–H and O–H groups in total. The predicted octanol–water partition coefficient (Wildman–Crippen LogP) is 3.91. The molecular formula is C27H31F2N5O6S. The van der Waals surface area contributed by atoms with Crippen LogP contribution in [0.25, 0.3) is 0 Å². The van der Waals surface area contributed by atoms with Crippen LogP contribution in [0, 0.1) is 6.92 Å². The highest BCUT2D eigenvalue weighted by atomic mass is 32.2. The molecule has 11 nitrogen and oxygen atoms in total. The molecule has 3 heterocycles. The summed E-state index contributed by atoms with van der Waals surface area (Å²) in [6, 6.07) is 9.88. The fourth-order valence-corrected chi connectivity index (χ4v) is 5.97. The van der Waals surface area contributed by atoms with Gasteiger partial charge in [-0.1, -0.05) is 30.3 Å². The summed E-state index contributed by atoms with van der Waals surface area (Å²) in [6.07, 6.45) is 1.43. The minimum absolute atomic E-state index is 0.0734. The molecule has 220 valence electrons. The molecule has 4 rings (SSSR count). The molecule has 1 aliphatic heterocycles. The van der Waals surface area contributed by atoms with Gasteiger partial charge in [-0.15, -0.1) is 0 Å². The number of esters is 1. The molecule has 1 atom stereocenters. The molecule has 0 saturated carbocycles. The van der Waals surface area contributed by atoms with E-state index in [4.69, 9.17) is 9.47 Å². The molecule has 0 saturated heterocycles. The molecule has 1 aliphatic rings. The van der Waals surface area contributed by atoms with Crippen LogP contribution in [0.3, 0.4) is 0 Å². The number of fused-ring (bicyclic) bond motifs is 1. The number of carbonyl (C=O) groups is 2. The van der Waals surface area contributed by atoms with Gasteiger partial charge in [-0.25, -0.2) is 17.9 Å². The first-order valence-corrected chi connectivity index (χ1v) is 14.2. The Morgan fingerprint density at radius 3 is 2.51 bits per heavy atom. The maximum atomic E-state index is 13.8. The van der Waals surface area contributed by atoms with E-state index in [1.54, 1.807) is 20.8 Å². The lowest BCUT2D eigenvalue weighted by molar-refractivity contribution is -0.144. The molecule has 2 aromatic heterocycles. The van der Waals surface area contributed by atoms with Gasteiger partial charge in [0.1, 0.15) is 17.1 Å². The Labute approximate surface area is 236 Å². The second-order valence-electron chi connectivity index (χ2n) is 10.6. The van der Waals surface area contributed by atoms with Crippen molar-refractivity contribution in [3.05, 3.63) is 71.3 Å². The third-order valence-electron chi connectivity index (χ3n) is 6.05. The number of amides is 1. The smallest absolute Gasteiger partial charge is 0.407 e. The van der Waals surface area contributed by atoms with Gasteiger partial charge in [0.05, 0.1) is 42.3 Å². The Balaban J connectivity index is 1.63. The molecule has 0 aliphatic carbocycles. The van der Waals surface area contributed by atoms with Crippen molar-refractivity contribution in [2.45, 2.75) is 70.2 Å². The van der Waals surface area contributed by atoms with E-state index in [0.717, 1.165) is 16.1 Å². The number of benzene rings is 1. The van der Waals surface area contributed by atoms with E-state index in [-0.39, 0.29) is 42.1 Å². The summed E-state index contributed by atoms with van der Waals surface area (Å²) in [7, 11) is -4.45. The number of anilines is 1. The highest BCUT2D eigenvalue weighted by Gasteiger charge is 2.37. The fourth-order valence-electron chi connectivity index (χ4n) is 4.28. The van der Waals surface area contributed by atoms with Crippen LogP contribution in [0.5, 0.6) is 0 Å². The van der Waals surface area contributed by atoms with E-state index in [9.17, 15) is 26.8 Å². The number of aromatic nitrogens is 3. The van der Waals surface area contributed by atoms with Crippen molar-refractivity contribution in [3.63, 3.8) is 0 Å². The first kappa shape index (κ1) is 29.9.